The molecule has 0 heterocycles. The van der Waals surface area contributed by atoms with Crippen molar-refractivity contribution < 1.29 is 49.1 Å². The van der Waals surface area contributed by atoms with Gasteiger partial charge in [0.1, 0.15) is 35.8 Å². The number of aromatic carboxylic acids is 2. The van der Waals surface area contributed by atoms with Crippen molar-refractivity contribution in [2.45, 2.75) is 45.4 Å². The molecule has 0 bridgehead atoms. The lowest BCUT2D eigenvalue weighted by molar-refractivity contribution is -0.147. The average Bonchev–Trinajstić information content (AvgIpc) is 2.84. The lowest BCUT2D eigenvalue weighted by Crippen LogP contribution is -2.22. The summed E-state index contributed by atoms with van der Waals surface area (Å²) >= 11 is 0. The zero-order valence-electron chi connectivity index (χ0n) is 20.3. The molecule has 2 rings (SSSR count). The van der Waals surface area contributed by atoms with Crippen LogP contribution in [0, 0.1) is 0 Å². The number of carbonyl (C=O) groups is 4. The van der Waals surface area contributed by atoms with Crippen LogP contribution in [0.1, 0.15) is 71.7 Å². The van der Waals surface area contributed by atoms with Crippen molar-refractivity contribution in [2.75, 3.05) is 13.2 Å². The Kier molecular flexibility index (Phi) is 10.5. The van der Waals surface area contributed by atoms with Gasteiger partial charge in [0.05, 0.1) is 17.3 Å². The number of rotatable bonds is 13. The minimum atomic E-state index is -1.51. The highest BCUT2D eigenvalue weighted by molar-refractivity contribution is 5.94. The topological polar surface area (TPSA) is 192 Å². The fourth-order valence-electron chi connectivity index (χ4n) is 3.35. The molecule has 0 radical (unpaired) electrons. The Balaban J connectivity index is 2.57. The van der Waals surface area contributed by atoms with Gasteiger partial charge in [0.2, 0.25) is 0 Å². The van der Waals surface area contributed by atoms with Gasteiger partial charge in [-0.1, -0.05) is 13.8 Å². The van der Waals surface area contributed by atoms with Gasteiger partial charge in [0.15, 0.2) is 0 Å². The van der Waals surface area contributed by atoms with Crippen LogP contribution in [0.25, 0.3) is 0 Å². The number of nitrogens with zero attached hydrogens (tertiary/aromatic N) is 2. The Hall–Kier alpha value is -4.48. The van der Waals surface area contributed by atoms with E-state index in [0.717, 1.165) is 18.2 Å². The first-order valence-corrected chi connectivity index (χ1v) is 11.5. The second-order valence-electron chi connectivity index (χ2n) is 7.97. The first kappa shape index (κ1) is 28.8. The Morgan fingerprint density at radius 1 is 0.811 bits per heavy atom. The fraction of sp³-hybridized carbons (Fsp3) is 0.360. The minimum Gasteiger partial charge on any atom is -0.507 e. The Morgan fingerprint density at radius 3 is 1.89 bits per heavy atom. The zero-order chi connectivity index (χ0) is 27.5. The average molecular weight is 517 g/mol. The number of esters is 2. The van der Waals surface area contributed by atoms with E-state index in [-0.39, 0.29) is 43.0 Å². The summed E-state index contributed by atoms with van der Waals surface area (Å²) in [5, 5.41) is 47.0. The van der Waals surface area contributed by atoms with Crippen molar-refractivity contribution in [3.05, 3.63) is 47.0 Å². The Bertz CT molecular complexity index is 1170. The largest absolute Gasteiger partial charge is 0.507 e. The van der Waals surface area contributed by atoms with E-state index >= 15 is 0 Å². The predicted octanol–water partition coefficient (Wildman–Crippen LogP) is 4.68. The summed E-state index contributed by atoms with van der Waals surface area (Å²) < 4.78 is 10.5. The third-order valence-corrected chi connectivity index (χ3v) is 5.11. The summed E-state index contributed by atoms with van der Waals surface area (Å²) in [7, 11) is 0. The number of ether oxygens (including phenoxy) is 2. The van der Waals surface area contributed by atoms with Crippen LogP contribution in [0.3, 0.4) is 0 Å². The molecule has 2 aromatic rings. The van der Waals surface area contributed by atoms with Crippen molar-refractivity contribution in [1.82, 2.24) is 0 Å². The van der Waals surface area contributed by atoms with Gasteiger partial charge < -0.3 is 29.9 Å². The molecule has 0 saturated heterocycles. The molecule has 0 fully saturated rings. The van der Waals surface area contributed by atoms with Crippen molar-refractivity contribution in [1.29, 1.82) is 0 Å². The highest BCUT2D eigenvalue weighted by atomic mass is 16.5. The number of aromatic hydroxyl groups is 2. The fourth-order valence-corrected chi connectivity index (χ4v) is 3.35. The molecule has 0 aliphatic carbocycles. The molecule has 0 aromatic heterocycles. The highest BCUT2D eigenvalue weighted by Crippen LogP contribution is 2.37. The van der Waals surface area contributed by atoms with Crippen LogP contribution in [0.4, 0.5) is 11.4 Å². The number of phenols is 2. The zero-order valence-corrected chi connectivity index (χ0v) is 20.3. The molecule has 0 atom stereocenters. The SMILES string of the molecule is CCCC(=O)OCC(COC(=O)CCC)c1c(N=Nc2ccc(O)c(C(=O)O)c2)ccc(O)c1C(=O)O. The number of carboxylic acids is 2. The molecule has 0 spiro atoms. The number of benzene rings is 2. The smallest absolute Gasteiger partial charge is 0.339 e. The van der Waals surface area contributed by atoms with E-state index in [9.17, 15) is 39.6 Å². The molecule has 12 nitrogen and oxygen atoms in total. The molecule has 37 heavy (non-hydrogen) atoms. The predicted molar refractivity (Wildman–Crippen MR) is 129 cm³/mol. The van der Waals surface area contributed by atoms with E-state index in [2.05, 4.69) is 10.2 Å². The molecule has 198 valence electrons. The molecular formula is C25H28N2O10. The maximum absolute atomic E-state index is 12.1. The van der Waals surface area contributed by atoms with Crippen LogP contribution in [0.5, 0.6) is 11.5 Å². The van der Waals surface area contributed by atoms with E-state index in [1.165, 1.54) is 12.1 Å². The summed E-state index contributed by atoms with van der Waals surface area (Å²) in [6.45, 7) is 2.82. The standard InChI is InChI=1S/C25H28N2O10/c1-3-5-20(30)36-12-14(13-37-21(31)6-4-2)22-17(8-10-19(29)23(22)25(34)35)27-26-15-7-9-18(28)16(11-15)24(32)33/h7-11,14,28-29H,3-6,12-13H2,1-2H3,(H,32,33)(H,34,35). The first-order chi connectivity index (χ1) is 17.6. The van der Waals surface area contributed by atoms with Crippen LogP contribution in [0.2, 0.25) is 0 Å². The second-order valence-corrected chi connectivity index (χ2v) is 7.97. The maximum atomic E-state index is 12.1. The lowest BCUT2D eigenvalue weighted by atomic mass is 9.92. The molecule has 12 heteroatoms. The van der Waals surface area contributed by atoms with Gasteiger partial charge in [-0.05, 0) is 43.2 Å². The Morgan fingerprint density at radius 2 is 1.38 bits per heavy atom. The quantitative estimate of drug-likeness (QED) is 0.214. The summed E-state index contributed by atoms with van der Waals surface area (Å²) in [5.74, 6) is -6.08. The van der Waals surface area contributed by atoms with Gasteiger partial charge in [-0.25, -0.2) is 9.59 Å². The van der Waals surface area contributed by atoms with Gasteiger partial charge >= 0.3 is 23.9 Å². The van der Waals surface area contributed by atoms with Gasteiger partial charge in [-0.15, -0.1) is 0 Å². The van der Waals surface area contributed by atoms with Crippen LogP contribution in [-0.2, 0) is 19.1 Å². The van der Waals surface area contributed by atoms with E-state index < -0.39 is 52.4 Å². The third kappa shape index (κ3) is 8.02. The molecular weight excluding hydrogens is 488 g/mol. The van der Waals surface area contributed by atoms with Crippen molar-refractivity contribution in [2.24, 2.45) is 10.2 Å². The molecule has 0 aliphatic heterocycles. The molecule has 0 aliphatic rings. The first-order valence-electron chi connectivity index (χ1n) is 11.5. The molecule has 4 N–H and O–H groups in total. The normalized spacial score (nSPS) is 11.0. The summed E-state index contributed by atoms with van der Waals surface area (Å²) in [6.07, 6.45) is 1.28. The molecule has 2 aromatic carbocycles. The number of hydrogen-bond donors (Lipinski definition) is 4. The van der Waals surface area contributed by atoms with E-state index in [4.69, 9.17) is 9.47 Å². The monoisotopic (exact) mass is 516 g/mol. The summed E-state index contributed by atoms with van der Waals surface area (Å²) in [6, 6.07) is 5.83. The van der Waals surface area contributed by atoms with Crippen LogP contribution in [-0.4, -0.2) is 57.5 Å². The van der Waals surface area contributed by atoms with Crippen LogP contribution >= 0.6 is 0 Å². The van der Waals surface area contributed by atoms with Crippen molar-refractivity contribution >= 4 is 35.3 Å². The van der Waals surface area contributed by atoms with E-state index in [1.807, 2.05) is 0 Å². The lowest BCUT2D eigenvalue weighted by Gasteiger charge is -2.21. The molecule has 0 unspecified atom stereocenters. The second kappa shape index (κ2) is 13.6. The number of hydrogen-bond acceptors (Lipinski definition) is 10. The van der Waals surface area contributed by atoms with Gasteiger partial charge in [0, 0.05) is 18.4 Å². The van der Waals surface area contributed by atoms with Crippen molar-refractivity contribution in [3.63, 3.8) is 0 Å². The number of carboxylic acid groups (broad SMARTS) is 2. The van der Waals surface area contributed by atoms with Crippen molar-refractivity contribution in [3.8, 4) is 11.5 Å². The van der Waals surface area contributed by atoms with E-state index in [0.29, 0.717) is 12.8 Å². The molecule has 0 saturated carbocycles. The molecule has 0 amide bonds. The van der Waals surface area contributed by atoms with Gasteiger partial charge in [-0.3, -0.25) is 9.59 Å². The minimum absolute atomic E-state index is 0.0337. The number of carbonyl (C=O) groups excluding carboxylic acids is 2. The summed E-state index contributed by atoms with van der Waals surface area (Å²) in [4.78, 5) is 47.4. The number of azo groups is 1. The highest BCUT2D eigenvalue weighted by Gasteiger charge is 2.28. The van der Waals surface area contributed by atoms with Crippen LogP contribution in [0.15, 0.2) is 40.6 Å². The summed E-state index contributed by atoms with van der Waals surface area (Å²) in [5.41, 5.74) is -1.08. The third-order valence-electron chi connectivity index (χ3n) is 5.11. The van der Waals surface area contributed by atoms with Crippen LogP contribution < -0.4 is 0 Å². The van der Waals surface area contributed by atoms with Gasteiger partial charge in [-0.2, -0.15) is 10.2 Å². The Labute approximate surface area is 212 Å². The van der Waals surface area contributed by atoms with E-state index in [1.54, 1.807) is 13.8 Å². The van der Waals surface area contributed by atoms with Gasteiger partial charge in [0.25, 0.3) is 0 Å². The maximum Gasteiger partial charge on any atom is 0.339 e.